The Morgan fingerprint density at radius 2 is 0.889 bits per heavy atom. The number of alkyl halides is 2. The largest absolute Gasteiger partial charge is 0.0918 e. The predicted molar refractivity (Wildman–Crippen MR) is 48.1 cm³/mol. The van der Waals surface area contributed by atoms with E-state index in [1.54, 1.807) is 0 Å². The van der Waals surface area contributed by atoms with Crippen molar-refractivity contribution in [2.45, 2.75) is 30.9 Å². The number of hydrogen-bond donors (Lipinski definition) is 0. The maximum absolute atomic E-state index is 3.65. The summed E-state index contributed by atoms with van der Waals surface area (Å²) in [4.78, 5) is 0. The Morgan fingerprint density at radius 1 is 0.778 bits per heavy atom. The van der Waals surface area contributed by atoms with Crippen molar-refractivity contribution < 1.29 is 0 Å². The monoisotopic (exact) mass is 254 g/mol. The van der Waals surface area contributed by atoms with Gasteiger partial charge in [-0.2, -0.15) is 0 Å². The van der Waals surface area contributed by atoms with E-state index in [0.717, 1.165) is 0 Å². The third-order valence-corrected chi connectivity index (χ3v) is 7.03. The molecule has 0 radical (unpaired) electrons. The van der Waals surface area contributed by atoms with Gasteiger partial charge in [0.15, 0.2) is 0 Å². The van der Waals surface area contributed by atoms with Crippen LogP contribution in [-0.2, 0) is 0 Å². The van der Waals surface area contributed by atoms with Crippen molar-refractivity contribution in [3.63, 3.8) is 0 Å². The minimum Gasteiger partial charge on any atom is -0.0715 e. The average molecular weight is 256 g/mol. The summed E-state index contributed by atoms with van der Waals surface area (Å²) in [6.07, 6.45) is 0. The minimum absolute atomic E-state index is 0.167. The second kappa shape index (κ2) is 1.58. The van der Waals surface area contributed by atoms with E-state index in [4.69, 9.17) is 0 Å². The molecule has 0 aliphatic heterocycles. The van der Waals surface area contributed by atoms with E-state index in [1.807, 2.05) is 0 Å². The summed E-state index contributed by atoms with van der Waals surface area (Å²) in [6, 6.07) is 0. The second-order valence-electron chi connectivity index (χ2n) is 3.82. The highest BCUT2D eigenvalue weighted by atomic mass is 79.9. The molecule has 9 heavy (non-hydrogen) atoms. The number of halogens is 2. The fourth-order valence-electron chi connectivity index (χ4n) is 1.18. The van der Waals surface area contributed by atoms with Crippen molar-refractivity contribution in [1.29, 1.82) is 0 Å². The molecule has 2 heteroatoms. The number of hydrogen-bond acceptors (Lipinski definition) is 0. The van der Waals surface area contributed by atoms with Crippen LogP contribution in [0.15, 0.2) is 0 Å². The van der Waals surface area contributed by atoms with Crippen LogP contribution in [0.5, 0.6) is 0 Å². The zero-order chi connectivity index (χ0) is 7.50. The SMILES string of the molecule is CC1(C)C(C)(C)C1(Br)Br. The summed E-state index contributed by atoms with van der Waals surface area (Å²) in [6.45, 7) is 9.04. The van der Waals surface area contributed by atoms with E-state index >= 15 is 0 Å². The molecule has 0 heterocycles. The molecule has 54 valence electrons. The summed E-state index contributed by atoms with van der Waals surface area (Å²) in [5.74, 6) is 0. The van der Waals surface area contributed by atoms with Gasteiger partial charge in [0.25, 0.3) is 0 Å². The smallest absolute Gasteiger partial charge is 0.0715 e. The molecule has 0 unspecified atom stereocenters. The van der Waals surface area contributed by atoms with Gasteiger partial charge in [-0.15, -0.1) is 0 Å². The summed E-state index contributed by atoms with van der Waals surface area (Å²) < 4.78 is 0.167. The van der Waals surface area contributed by atoms with Crippen molar-refractivity contribution >= 4 is 31.9 Å². The summed E-state index contributed by atoms with van der Waals surface area (Å²) >= 11 is 7.29. The highest BCUT2D eigenvalue weighted by molar-refractivity contribution is 9.25. The molecule has 1 fully saturated rings. The Balaban J connectivity index is 2.91. The van der Waals surface area contributed by atoms with Crippen LogP contribution in [0.4, 0.5) is 0 Å². The van der Waals surface area contributed by atoms with Gasteiger partial charge in [0.2, 0.25) is 0 Å². The highest BCUT2D eigenvalue weighted by Crippen LogP contribution is 2.79. The summed E-state index contributed by atoms with van der Waals surface area (Å²) in [7, 11) is 0. The molecule has 0 amide bonds. The maximum atomic E-state index is 3.65. The van der Waals surface area contributed by atoms with E-state index in [9.17, 15) is 0 Å². The lowest BCUT2D eigenvalue weighted by atomic mass is 10.0. The van der Waals surface area contributed by atoms with Crippen LogP contribution in [0.3, 0.4) is 0 Å². The Hall–Kier alpha value is 0.960. The van der Waals surface area contributed by atoms with Gasteiger partial charge in [-0.1, -0.05) is 59.6 Å². The molecule has 0 saturated heterocycles. The molecular formula is C7H12Br2. The molecule has 0 aromatic heterocycles. The quantitative estimate of drug-likeness (QED) is 0.581. The minimum atomic E-state index is 0.167. The van der Waals surface area contributed by atoms with Crippen LogP contribution in [0.2, 0.25) is 0 Å². The van der Waals surface area contributed by atoms with Gasteiger partial charge in [0.05, 0.1) is 3.23 Å². The molecule has 0 atom stereocenters. The topological polar surface area (TPSA) is 0 Å². The predicted octanol–water partition coefficient (Wildman–Crippen LogP) is 3.54. The van der Waals surface area contributed by atoms with Crippen LogP contribution < -0.4 is 0 Å². The first-order valence-electron chi connectivity index (χ1n) is 3.13. The van der Waals surface area contributed by atoms with E-state index in [0.29, 0.717) is 10.8 Å². The number of rotatable bonds is 0. The Labute approximate surface area is 73.7 Å². The summed E-state index contributed by atoms with van der Waals surface area (Å²) in [5.41, 5.74) is 0.750. The molecule has 0 aromatic rings. The Kier molecular flexibility index (Phi) is 1.41. The van der Waals surface area contributed by atoms with Crippen molar-refractivity contribution in [3.05, 3.63) is 0 Å². The third-order valence-electron chi connectivity index (χ3n) is 3.07. The first-order valence-corrected chi connectivity index (χ1v) is 4.71. The van der Waals surface area contributed by atoms with Crippen LogP contribution in [0.1, 0.15) is 27.7 Å². The molecule has 1 saturated carbocycles. The normalized spacial score (nSPS) is 34.0. The molecule has 0 nitrogen and oxygen atoms in total. The fourth-order valence-corrected chi connectivity index (χ4v) is 2.96. The fraction of sp³-hybridized carbons (Fsp3) is 1.00. The van der Waals surface area contributed by atoms with E-state index < -0.39 is 0 Å². The third kappa shape index (κ3) is 0.644. The molecule has 0 N–H and O–H groups in total. The van der Waals surface area contributed by atoms with Gasteiger partial charge in [0, 0.05) is 0 Å². The Morgan fingerprint density at radius 3 is 0.889 bits per heavy atom. The van der Waals surface area contributed by atoms with Gasteiger partial charge in [-0.3, -0.25) is 0 Å². The van der Waals surface area contributed by atoms with Gasteiger partial charge < -0.3 is 0 Å². The molecule has 1 rings (SSSR count). The standard InChI is InChI=1S/C7H12Br2/c1-5(2)6(3,4)7(5,8)9/h1-4H3. The highest BCUT2D eigenvalue weighted by Gasteiger charge is 2.75. The van der Waals surface area contributed by atoms with Crippen LogP contribution in [-0.4, -0.2) is 3.23 Å². The van der Waals surface area contributed by atoms with E-state index in [1.165, 1.54) is 0 Å². The van der Waals surface area contributed by atoms with Crippen molar-refractivity contribution in [2.24, 2.45) is 10.8 Å². The van der Waals surface area contributed by atoms with Crippen LogP contribution >= 0.6 is 31.9 Å². The van der Waals surface area contributed by atoms with Crippen LogP contribution in [0, 0.1) is 10.8 Å². The van der Waals surface area contributed by atoms with Gasteiger partial charge in [0.1, 0.15) is 0 Å². The molecule has 0 spiro atoms. The van der Waals surface area contributed by atoms with Gasteiger partial charge >= 0.3 is 0 Å². The summed E-state index contributed by atoms with van der Waals surface area (Å²) in [5, 5.41) is 0. The zero-order valence-electron chi connectivity index (χ0n) is 6.26. The van der Waals surface area contributed by atoms with Crippen molar-refractivity contribution in [3.8, 4) is 0 Å². The van der Waals surface area contributed by atoms with Gasteiger partial charge in [-0.25, -0.2) is 0 Å². The lowest BCUT2D eigenvalue weighted by Gasteiger charge is -2.02. The molecule has 1 aliphatic carbocycles. The Bertz CT molecular complexity index is 104. The van der Waals surface area contributed by atoms with E-state index in [-0.39, 0.29) is 3.23 Å². The lowest BCUT2D eigenvalue weighted by molar-refractivity contribution is 0.457. The lowest BCUT2D eigenvalue weighted by Crippen LogP contribution is -1.95. The van der Waals surface area contributed by atoms with E-state index in [2.05, 4.69) is 59.6 Å². The van der Waals surface area contributed by atoms with Gasteiger partial charge in [-0.05, 0) is 10.8 Å². The average Bonchev–Trinajstić information content (AvgIpc) is 1.84. The first kappa shape index (κ1) is 8.06. The first-order chi connectivity index (χ1) is 3.75. The maximum Gasteiger partial charge on any atom is 0.0918 e. The van der Waals surface area contributed by atoms with Crippen LogP contribution in [0.25, 0.3) is 0 Å². The molecule has 1 aliphatic rings. The molecular weight excluding hydrogens is 244 g/mol. The zero-order valence-corrected chi connectivity index (χ0v) is 9.43. The van der Waals surface area contributed by atoms with Crippen molar-refractivity contribution in [1.82, 2.24) is 0 Å². The molecule has 0 bridgehead atoms. The molecule has 0 aromatic carbocycles. The second-order valence-corrected chi connectivity index (χ2v) is 7.27. The van der Waals surface area contributed by atoms with Crippen molar-refractivity contribution in [2.75, 3.05) is 0 Å².